The number of amides is 1. The molecule has 10 heteroatoms. The van der Waals surface area contributed by atoms with Crippen LogP contribution in [0.3, 0.4) is 0 Å². The van der Waals surface area contributed by atoms with E-state index in [2.05, 4.69) is 10.1 Å². The Bertz CT molecular complexity index is 1370. The molecule has 0 bridgehead atoms. The van der Waals surface area contributed by atoms with Crippen molar-refractivity contribution in [2.75, 3.05) is 5.73 Å². The van der Waals surface area contributed by atoms with E-state index in [1.54, 1.807) is 37.0 Å². The number of nitrogens with two attached hydrogens (primary N) is 2. The van der Waals surface area contributed by atoms with Gasteiger partial charge in [0.2, 0.25) is 0 Å². The van der Waals surface area contributed by atoms with Gasteiger partial charge in [0.05, 0.1) is 10.5 Å². The second kappa shape index (κ2) is 8.29. The molecule has 0 saturated heterocycles. The number of carbonyl (C=O) groups excluding carboxylic acids is 1. The molecule has 2 aromatic carbocycles. The number of aromatic nitrogens is 3. The molecule has 2 aromatic heterocycles. The maximum atomic E-state index is 13.9. The highest BCUT2D eigenvalue weighted by Gasteiger charge is 2.20. The van der Waals surface area contributed by atoms with Crippen molar-refractivity contribution in [3.05, 3.63) is 69.7 Å². The number of nitrogen functional groups attached to an aromatic ring is 1. The first-order valence-corrected chi connectivity index (χ1v) is 10.3. The van der Waals surface area contributed by atoms with Gasteiger partial charge in [-0.1, -0.05) is 29.3 Å². The number of nitrogens with zero attached hydrogens (tertiary/aromatic N) is 3. The van der Waals surface area contributed by atoms with Crippen molar-refractivity contribution in [2.24, 2.45) is 12.8 Å². The first kappa shape index (κ1) is 21.9. The van der Waals surface area contributed by atoms with Crippen molar-refractivity contribution in [1.82, 2.24) is 14.8 Å². The number of carbonyl (C=O) groups is 1. The van der Waals surface area contributed by atoms with E-state index in [1.807, 2.05) is 12.1 Å². The van der Waals surface area contributed by atoms with E-state index in [0.29, 0.717) is 16.5 Å². The van der Waals surface area contributed by atoms with E-state index in [-0.39, 0.29) is 27.3 Å². The number of hydrogen-bond acceptors (Lipinski definition) is 5. The monoisotopic (exact) mass is 473 g/mol. The molecule has 0 saturated carbocycles. The smallest absolute Gasteiger partial charge is 0.269 e. The summed E-state index contributed by atoms with van der Waals surface area (Å²) in [5.41, 5.74) is 14.2. The molecule has 0 spiro atoms. The van der Waals surface area contributed by atoms with Gasteiger partial charge in [-0.15, -0.1) is 0 Å². The number of hydrogen-bond donors (Lipinski definition) is 2. The van der Waals surface area contributed by atoms with Crippen molar-refractivity contribution in [3.63, 3.8) is 0 Å². The summed E-state index contributed by atoms with van der Waals surface area (Å²) in [6.07, 6.45) is 0.907. The minimum atomic E-state index is -0.692. The Morgan fingerprint density at radius 2 is 1.94 bits per heavy atom. The van der Waals surface area contributed by atoms with Gasteiger partial charge in [0.15, 0.2) is 17.3 Å². The predicted molar refractivity (Wildman–Crippen MR) is 122 cm³/mol. The molecule has 0 fully saturated rings. The average Bonchev–Trinajstić information content (AvgIpc) is 3.09. The highest BCUT2D eigenvalue weighted by Crippen LogP contribution is 2.37. The maximum absolute atomic E-state index is 13.9. The number of anilines is 1. The predicted octanol–water partition coefficient (Wildman–Crippen LogP) is 4.90. The summed E-state index contributed by atoms with van der Waals surface area (Å²) in [5, 5.41) is 4.99. The van der Waals surface area contributed by atoms with Crippen LogP contribution in [0.4, 0.5) is 10.2 Å². The highest BCUT2D eigenvalue weighted by molar-refractivity contribution is 6.36. The molecule has 164 valence electrons. The molecule has 2 heterocycles. The molecule has 7 nitrogen and oxygen atoms in total. The van der Waals surface area contributed by atoms with Crippen molar-refractivity contribution in [1.29, 1.82) is 0 Å². The number of halogens is 3. The molecule has 1 amide bonds. The summed E-state index contributed by atoms with van der Waals surface area (Å²) >= 11 is 12.3. The Hall–Kier alpha value is -3.36. The van der Waals surface area contributed by atoms with Crippen molar-refractivity contribution in [3.8, 4) is 16.9 Å². The molecule has 32 heavy (non-hydrogen) atoms. The fraction of sp³-hybridized carbons (Fsp3) is 0.136. The van der Waals surface area contributed by atoms with E-state index >= 15 is 0 Å². The molecule has 0 aliphatic heterocycles. The van der Waals surface area contributed by atoms with E-state index in [1.165, 1.54) is 12.1 Å². The van der Waals surface area contributed by atoms with Gasteiger partial charge >= 0.3 is 0 Å². The molecule has 1 unspecified atom stereocenters. The lowest BCUT2D eigenvalue weighted by atomic mass is 10.0. The molecular formula is C22H18Cl2FN5O2. The summed E-state index contributed by atoms with van der Waals surface area (Å²) < 4.78 is 21.5. The standard InChI is InChI=1S/C22H18Cl2FN5O2/c1-10(18-14(23)5-6-15(25)19(18)24)32-17-8-12(9-28-21(17)26)11-3-4-13-16(7-11)30(2)29-20(13)22(27)31/h3-10H,1-2H3,(H2,26,28)(H2,27,31). The molecular weight excluding hydrogens is 456 g/mol. The lowest BCUT2D eigenvalue weighted by Gasteiger charge is -2.19. The number of pyridine rings is 1. The molecule has 0 aliphatic rings. The summed E-state index contributed by atoms with van der Waals surface area (Å²) in [6.45, 7) is 1.69. The van der Waals surface area contributed by atoms with Crippen molar-refractivity contribution in [2.45, 2.75) is 13.0 Å². The molecule has 0 radical (unpaired) electrons. The van der Waals surface area contributed by atoms with E-state index < -0.39 is 17.8 Å². The summed E-state index contributed by atoms with van der Waals surface area (Å²) in [5.74, 6) is -0.755. The van der Waals surface area contributed by atoms with Crippen molar-refractivity contribution >= 4 is 45.8 Å². The van der Waals surface area contributed by atoms with Gasteiger partial charge in [-0.2, -0.15) is 5.10 Å². The quantitative estimate of drug-likeness (QED) is 0.400. The third-order valence-electron chi connectivity index (χ3n) is 5.09. The lowest BCUT2D eigenvalue weighted by Crippen LogP contribution is -2.12. The number of fused-ring (bicyclic) bond motifs is 1. The van der Waals surface area contributed by atoms with Crippen LogP contribution in [-0.4, -0.2) is 20.7 Å². The van der Waals surface area contributed by atoms with E-state index in [4.69, 9.17) is 39.4 Å². The maximum Gasteiger partial charge on any atom is 0.269 e. The van der Waals surface area contributed by atoms with Crippen LogP contribution in [-0.2, 0) is 7.05 Å². The van der Waals surface area contributed by atoms with Crippen LogP contribution in [0.5, 0.6) is 5.75 Å². The Kier molecular flexibility index (Phi) is 5.66. The first-order valence-electron chi connectivity index (χ1n) is 9.50. The van der Waals surface area contributed by atoms with Crippen LogP contribution in [0.15, 0.2) is 42.6 Å². The minimum absolute atomic E-state index is 0.111. The normalized spacial score (nSPS) is 12.2. The second-order valence-corrected chi connectivity index (χ2v) is 7.98. The van der Waals surface area contributed by atoms with Crippen LogP contribution in [0, 0.1) is 5.82 Å². The number of primary amides is 1. The van der Waals surface area contributed by atoms with Crippen LogP contribution < -0.4 is 16.2 Å². The Labute approximate surface area is 192 Å². The summed E-state index contributed by atoms with van der Waals surface area (Å²) in [6, 6.07) is 9.76. The fourth-order valence-corrected chi connectivity index (χ4v) is 4.17. The average molecular weight is 474 g/mol. The zero-order valence-electron chi connectivity index (χ0n) is 17.1. The Morgan fingerprint density at radius 3 is 2.66 bits per heavy atom. The molecule has 1 atom stereocenters. The van der Waals surface area contributed by atoms with Crippen LogP contribution in [0.2, 0.25) is 10.0 Å². The van der Waals surface area contributed by atoms with E-state index in [9.17, 15) is 9.18 Å². The zero-order chi connectivity index (χ0) is 23.2. The lowest BCUT2D eigenvalue weighted by molar-refractivity contribution is 0.0996. The van der Waals surface area contributed by atoms with Gasteiger partial charge in [-0.05, 0) is 42.8 Å². The van der Waals surface area contributed by atoms with Crippen molar-refractivity contribution < 1.29 is 13.9 Å². The van der Waals surface area contributed by atoms with Crippen LogP contribution >= 0.6 is 23.2 Å². The topological polar surface area (TPSA) is 109 Å². The van der Waals surface area contributed by atoms with E-state index in [0.717, 1.165) is 11.1 Å². The highest BCUT2D eigenvalue weighted by atomic mass is 35.5. The number of ether oxygens (including phenoxy) is 1. The van der Waals surface area contributed by atoms with Gasteiger partial charge in [0, 0.05) is 34.8 Å². The Morgan fingerprint density at radius 1 is 1.19 bits per heavy atom. The minimum Gasteiger partial charge on any atom is -0.482 e. The largest absolute Gasteiger partial charge is 0.482 e. The fourth-order valence-electron chi connectivity index (χ4n) is 3.49. The molecule has 4 rings (SSSR count). The molecule has 4 N–H and O–H groups in total. The first-order chi connectivity index (χ1) is 15.2. The third-order valence-corrected chi connectivity index (χ3v) is 5.80. The summed E-state index contributed by atoms with van der Waals surface area (Å²) in [7, 11) is 1.72. The number of benzene rings is 2. The third kappa shape index (κ3) is 3.83. The summed E-state index contributed by atoms with van der Waals surface area (Å²) in [4.78, 5) is 15.8. The molecule has 4 aromatic rings. The van der Waals surface area contributed by atoms with Crippen LogP contribution in [0.25, 0.3) is 22.0 Å². The van der Waals surface area contributed by atoms with Gasteiger partial charge in [-0.25, -0.2) is 9.37 Å². The molecule has 0 aliphatic carbocycles. The van der Waals surface area contributed by atoms with Crippen LogP contribution in [0.1, 0.15) is 29.1 Å². The number of aryl methyl sites for hydroxylation is 1. The van der Waals surface area contributed by atoms with Gasteiger partial charge in [0.25, 0.3) is 5.91 Å². The zero-order valence-corrected chi connectivity index (χ0v) is 18.6. The number of rotatable bonds is 5. The Balaban J connectivity index is 1.71. The van der Waals surface area contributed by atoms with Gasteiger partial charge < -0.3 is 16.2 Å². The second-order valence-electron chi connectivity index (χ2n) is 7.19. The SMILES string of the molecule is CC(Oc1cc(-c2ccc3c(C(N)=O)nn(C)c3c2)cnc1N)c1c(Cl)ccc(F)c1Cl. The van der Waals surface area contributed by atoms with Gasteiger partial charge in [-0.3, -0.25) is 9.48 Å². The van der Waals surface area contributed by atoms with Gasteiger partial charge in [0.1, 0.15) is 11.9 Å².